The van der Waals surface area contributed by atoms with Gasteiger partial charge >= 0.3 is 0 Å². The van der Waals surface area contributed by atoms with E-state index in [2.05, 4.69) is 20.8 Å². The van der Waals surface area contributed by atoms with Crippen LogP contribution in [0.1, 0.15) is 37.8 Å². The first kappa shape index (κ1) is 21.3. The van der Waals surface area contributed by atoms with Gasteiger partial charge in [-0.25, -0.2) is 0 Å². The molecule has 2 amide bonds. The van der Waals surface area contributed by atoms with E-state index < -0.39 is 17.5 Å². The van der Waals surface area contributed by atoms with Crippen molar-refractivity contribution in [1.29, 1.82) is 0 Å². The van der Waals surface area contributed by atoms with Crippen LogP contribution >= 0.6 is 11.8 Å². The predicted octanol–water partition coefficient (Wildman–Crippen LogP) is 3.69. The first-order valence-electron chi connectivity index (χ1n) is 9.76. The van der Waals surface area contributed by atoms with Crippen LogP contribution < -0.4 is 10.6 Å². The number of nitrogens with zero attached hydrogens (tertiary/aromatic N) is 1. The smallest absolute Gasteiger partial charge is 0.274 e. The van der Waals surface area contributed by atoms with E-state index in [-0.39, 0.29) is 34.2 Å². The fraction of sp³-hybridized carbons (Fsp3) is 0.0870. The average molecular weight is 446 g/mol. The summed E-state index contributed by atoms with van der Waals surface area (Å²) in [6.07, 6.45) is 1.35. The number of hydrogen-bond acceptors (Lipinski definition) is 6. The molecule has 1 aliphatic rings. The second-order valence-corrected chi connectivity index (χ2v) is 7.99. The summed E-state index contributed by atoms with van der Waals surface area (Å²) >= 11 is 1.10. The number of carbonyl (C=O) groups excluding carboxylic acids is 4. The fourth-order valence-electron chi connectivity index (χ4n) is 3.10. The van der Waals surface area contributed by atoms with E-state index >= 15 is 0 Å². The van der Waals surface area contributed by atoms with Crippen LogP contribution in [0.4, 0.5) is 11.4 Å². The molecule has 1 aromatic heterocycles. The molecule has 3 N–H and O–H groups in total. The normalized spacial score (nSPS) is 12.7. The molecule has 1 heterocycles. The zero-order valence-electron chi connectivity index (χ0n) is 16.8. The third-order valence-corrected chi connectivity index (χ3v) is 5.64. The Morgan fingerprint density at radius 2 is 1.53 bits per heavy atom. The van der Waals surface area contributed by atoms with Crippen LogP contribution in [0.15, 0.2) is 71.6 Å². The highest BCUT2D eigenvalue weighted by molar-refractivity contribution is 8.04. The van der Waals surface area contributed by atoms with Gasteiger partial charge in [-0.15, -0.1) is 11.8 Å². The number of para-hydroxylation sites is 2. The summed E-state index contributed by atoms with van der Waals surface area (Å²) in [4.78, 5) is 50.4. The van der Waals surface area contributed by atoms with E-state index in [1.807, 2.05) is 24.3 Å². The molecule has 0 atom stereocenters. The molecule has 0 fully saturated rings. The van der Waals surface area contributed by atoms with E-state index in [4.69, 9.17) is 0 Å². The van der Waals surface area contributed by atoms with Crippen LogP contribution in [0.25, 0.3) is 0 Å². The molecule has 160 valence electrons. The molecule has 0 aliphatic heterocycles. The number of aromatic amines is 1. The number of Topliss-reactive ketones (excluding diaryl/α,β-unsaturated/α-hetero) is 1. The van der Waals surface area contributed by atoms with Gasteiger partial charge in [0.1, 0.15) is 11.4 Å². The molecule has 0 radical (unpaired) electrons. The van der Waals surface area contributed by atoms with Crippen LogP contribution in [-0.2, 0) is 4.79 Å². The Kier molecular flexibility index (Phi) is 6.27. The van der Waals surface area contributed by atoms with Gasteiger partial charge in [-0.3, -0.25) is 24.3 Å². The number of aromatic nitrogens is 2. The van der Waals surface area contributed by atoms with Gasteiger partial charge in [-0.05, 0) is 24.3 Å². The minimum absolute atomic E-state index is 0.0535. The van der Waals surface area contributed by atoms with E-state index in [1.54, 1.807) is 36.4 Å². The maximum absolute atomic E-state index is 13.0. The maximum Gasteiger partial charge on any atom is 0.274 e. The number of allylic oxidation sites excluding steroid dienone is 2. The lowest BCUT2D eigenvalue weighted by atomic mass is 9.99. The van der Waals surface area contributed by atoms with Crippen LogP contribution in [0, 0.1) is 0 Å². The minimum atomic E-state index is -0.570. The number of H-pyrrole nitrogens is 1. The van der Waals surface area contributed by atoms with E-state index in [9.17, 15) is 19.2 Å². The summed E-state index contributed by atoms with van der Waals surface area (Å²) in [5, 5.41) is 11.8. The summed E-state index contributed by atoms with van der Waals surface area (Å²) in [5.41, 5.74) is 1.02. The van der Waals surface area contributed by atoms with Gasteiger partial charge in [0.15, 0.2) is 0 Å². The van der Waals surface area contributed by atoms with Crippen molar-refractivity contribution >= 4 is 46.5 Å². The Hall–Kier alpha value is -3.98. The highest BCUT2D eigenvalue weighted by Crippen LogP contribution is 2.30. The lowest BCUT2D eigenvalue weighted by Crippen LogP contribution is -2.21. The topological polar surface area (TPSA) is 121 Å². The van der Waals surface area contributed by atoms with Crippen molar-refractivity contribution in [2.45, 2.75) is 6.42 Å². The number of thioether (sulfide) groups is 1. The molecule has 8 nitrogen and oxygen atoms in total. The summed E-state index contributed by atoms with van der Waals surface area (Å²) in [5.74, 6) is -1.42. The number of amides is 2. The third kappa shape index (κ3) is 4.68. The van der Waals surface area contributed by atoms with E-state index in [1.165, 1.54) is 6.08 Å². The fourth-order valence-corrected chi connectivity index (χ4v) is 4.03. The Bertz CT molecular complexity index is 1220. The van der Waals surface area contributed by atoms with Gasteiger partial charge in [0.25, 0.3) is 5.91 Å². The van der Waals surface area contributed by atoms with Crippen LogP contribution in [0.3, 0.4) is 0 Å². The molecule has 32 heavy (non-hydrogen) atoms. The molecule has 3 aromatic rings. The van der Waals surface area contributed by atoms with Crippen LogP contribution in [-0.4, -0.2) is 39.3 Å². The van der Waals surface area contributed by atoms with Gasteiger partial charge in [-0.2, -0.15) is 5.10 Å². The van der Waals surface area contributed by atoms with Crippen molar-refractivity contribution in [2.24, 2.45) is 0 Å². The van der Waals surface area contributed by atoms with E-state index in [0.717, 1.165) is 11.8 Å². The quantitative estimate of drug-likeness (QED) is 0.509. The zero-order valence-corrected chi connectivity index (χ0v) is 17.6. The number of fused-ring (bicyclic) bond motifs is 1. The first-order chi connectivity index (χ1) is 15.5. The zero-order chi connectivity index (χ0) is 22.5. The third-order valence-electron chi connectivity index (χ3n) is 4.62. The number of ketones is 2. The van der Waals surface area contributed by atoms with Crippen molar-refractivity contribution in [2.75, 3.05) is 16.4 Å². The number of rotatable bonds is 7. The standard InChI is InChI=1S/C23H18N4O4S/c28-16-13-17(32-12-11-18(29)24-14-7-3-1-4-8-14)22(30)19-20(16)26-27-21(19)23(31)25-15-9-5-2-6-10-15/h1-10,13H,11-12H2,(H,24,29)(H,25,31)(H,26,27). The Balaban J connectivity index is 1.41. The monoisotopic (exact) mass is 446 g/mol. The SMILES string of the molecule is O=C(CCSC1=CC(=O)c2n[nH]c(C(=O)Nc3ccccc3)c2C1=O)Nc1ccccc1. The lowest BCUT2D eigenvalue weighted by molar-refractivity contribution is -0.115. The molecular formula is C23H18N4O4S. The van der Waals surface area contributed by atoms with Crippen molar-refractivity contribution in [3.8, 4) is 0 Å². The Labute approximate surface area is 187 Å². The maximum atomic E-state index is 13.0. The molecule has 0 spiro atoms. The number of hydrogen-bond donors (Lipinski definition) is 3. The van der Waals surface area contributed by atoms with Gasteiger partial charge in [0.05, 0.1) is 10.5 Å². The summed E-state index contributed by atoms with van der Waals surface area (Å²) in [6, 6.07) is 17.8. The van der Waals surface area contributed by atoms with Gasteiger partial charge in [-0.1, -0.05) is 36.4 Å². The highest BCUT2D eigenvalue weighted by atomic mass is 32.2. The van der Waals surface area contributed by atoms with Gasteiger partial charge < -0.3 is 10.6 Å². The first-order valence-corrected chi connectivity index (χ1v) is 10.7. The molecular weight excluding hydrogens is 428 g/mol. The highest BCUT2D eigenvalue weighted by Gasteiger charge is 2.34. The Morgan fingerprint density at radius 1 is 0.906 bits per heavy atom. The molecule has 2 aromatic carbocycles. The van der Waals surface area contributed by atoms with Crippen LogP contribution in [0.2, 0.25) is 0 Å². The largest absolute Gasteiger partial charge is 0.326 e. The molecule has 0 saturated heterocycles. The van der Waals surface area contributed by atoms with Crippen molar-refractivity contribution in [3.05, 3.63) is 88.6 Å². The summed E-state index contributed by atoms with van der Waals surface area (Å²) < 4.78 is 0. The predicted molar refractivity (Wildman–Crippen MR) is 122 cm³/mol. The van der Waals surface area contributed by atoms with Gasteiger partial charge in [0, 0.05) is 29.6 Å². The number of nitrogens with one attached hydrogen (secondary N) is 3. The number of anilines is 2. The number of benzene rings is 2. The second kappa shape index (κ2) is 9.44. The van der Waals surface area contributed by atoms with E-state index in [0.29, 0.717) is 17.1 Å². The second-order valence-electron chi connectivity index (χ2n) is 6.86. The molecule has 0 bridgehead atoms. The molecule has 4 rings (SSSR count). The summed E-state index contributed by atoms with van der Waals surface area (Å²) in [7, 11) is 0. The number of carbonyl (C=O) groups is 4. The minimum Gasteiger partial charge on any atom is -0.326 e. The van der Waals surface area contributed by atoms with Crippen LogP contribution in [0.5, 0.6) is 0 Å². The van der Waals surface area contributed by atoms with Gasteiger partial charge in [0.2, 0.25) is 17.5 Å². The Morgan fingerprint density at radius 3 is 2.19 bits per heavy atom. The van der Waals surface area contributed by atoms with Crippen molar-refractivity contribution in [3.63, 3.8) is 0 Å². The molecule has 9 heteroatoms. The molecule has 0 saturated carbocycles. The lowest BCUT2D eigenvalue weighted by Gasteiger charge is -2.12. The van der Waals surface area contributed by atoms with Crippen molar-refractivity contribution < 1.29 is 19.2 Å². The molecule has 0 unspecified atom stereocenters. The van der Waals surface area contributed by atoms with Crippen molar-refractivity contribution in [1.82, 2.24) is 10.2 Å². The summed E-state index contributed by atoms with van der Waals surface area (Å²) in [6.45, 7) is 0. The average Bonchev–Trinajstić information content (AvgIpc) is 3.25. The molecule has 1 aliphatic carbocycles.